The summed E-state index contributed by atoms with van der Waals surface area (Å²) in [7, 11) is 1.66. The zero-order valence-electron chi connectivity index (χ0n) is 19.8. The molecule has 0 unspecified atom stereocenters. The SMILES string of the molecule is CCOC(=O)c1c(-c2ccc(Cl)cc2)csc1NC(=O)CN1CCN(c2cccc(OC)c2)CC1. The number of rotatable bonds is 8. The van der Waals surface area contributed by atoms with Crippen molar-refractivity contribution in [3.8, 4) is 16.9 Å². The molecule has 1 fully saturated rings. The quantitative estimate of drug-likeness (QED) is 0.427. The first-order valence-electron chi connectivity index (χ1n) is 11.4. The molecular weight excluding hydrogens is 486 g/mol. The van der Waals surface area contributed by atoms with E-state index in [1.807, 2.05) is 35.7 Å². The molecule has 2 heterocycles. The predicted molar refractivity (Wildman–Crippen MR) is 141 cm³/mol. The summed E-state index contributed by atoms with van der Waals surface area (Å²) in [5.74, 6) is 0.214. The highest BCUT2D eigenvalue weighted by atomic mass is 35.5. The van der Waals surface area contributed by atoms with Crippen LogP contribution in [0.4, 0.5) is 10.7 Å². The van der Waals surface area contributed by atoms with E-state index in [1.165, 1.54) is 11.3 Å². The van der Waals surface area contributed by atoms with E-state index in [9.17, 15) is 9.59 Å². The molecule has 3 aromatic rings. The van der Waals surface area contributed by atoms with Gasteiger partial charge in [-0.05, 0) is 36.8 Å². The van der Waals surface area contributed by atoms with Crippen LogP contribution in [-0.4, -0.2) is 63.2 Å². The Morgan fingerprint density at radius 2 is 1.83 bits per heavy atom. The molecule has 0 atom stereocenters. The van der Waals surface area contributed by atoms with E-state index in [2.05, 4.69) is 21.2 Å². The third kappa shape index (κ3) is 6.14. The lowest BCUT2D eigenvalue weighted by Gasteiger charge is -2.35. The van der Waals surface area contributed by atoms with Gasteiger partial charge in [0.1, 0.15) is 16.3 Å². The standard InChI is InChI=1S/C26H28ClN3O4S/c1-3-34-26(32)24-22(18-7-9-19(27)10-8-18)17-35-25(24)28-23(31)16-29-11-13-30(14-12-29)20-5-4-6-21(15-20)33-2/h4-10,15,17H,3,11-14,16H2,1-2H3,(H,28,31). The first kappa shape index (κ1) is 25.0. The average Bonchev–Trinajstić information content (AvgIpc) is 3.28. The minimum atomic E-state index is -0.457. The summed E-state index contributed by atoms with van der Waals surface area (Å²) in [5.41, 5.74) is 3.03. The van der Waals surface area contributed by atoms with E-state index in [-0.39, 0.29) is 19.1 Å². The summed E-state index contributed by atoms with van der Waals surface area (Å²) >= 11 is 7.33. The Kier molecular flexibility index (Phi) is 8.28. The predicted octanol–water partition coefficient (Wildman–Crippen LogP) is 5.01. The van der Waals surface area contributed by atoms with Gasteiger partial charge in [0.15, 0.2) is 0 Å². The maximum absolute atomic E-state index is 12.9. The molecule has 1 N–H and O–H groups in total. The van der Waals surface area contributed by atoms with E-state index in [1.54, 1.807) is 26.2 Å². The maximum Gasteiger partial charge on any atom is 0.341 e. The van der Waals surface area contributed by atoms with E-state index in [0.717, 1.165) is 43.2 Å². The van der Waals surface area contributed by atoms with Gasteiger partial charge < -0.3 is 19.7 Å². The van der Waals surface area contributed by atoms with E-state index in [4.69, 9.17) is 21.1 Å². The van der Waals surface area contributed by atoms with E-state index >= 15 is 0 Å². The van der Waals surface area contributed by atoms with Crippen LogP contribution in [0, 0.1) is 0 Å². The van der Waals surface area contributed by atoms with Gasteiger partial charge in [-0.2, -0.15) is 0 Å². The molecule has 1 saturated heterocycles. The van der Waals surface area contributed by atoms with Crippen molar-refractivity contribution in [1.82, 2.24) is 4.90 Å². The lowest BCUT2D eigenvalue weighted by molar-refractivity contribution is -0.117. The van der Waals surface area contributed by atoms with Gasteiger partial charge in [0, 0.05) is 53.9 Å². The molecule has 1 amide bonds. The summed E-state index contributed by atoms with van der Waals surface area (Å²) in [4.78, 5) is 30.1. The molecule has 2 aromatic carbocycles. The van der Waals surface area contributed by atoms with Crippen LogP contribution >= 0.6 is 22.9 Å². The Bertz CT molecular complexity index is 1170. The lowest BCUT2D eigenvalue weighted by Crippen LogP contribution is -2.48. The van der Waals surface area contributed by atoms with Crippen LogP contribution in [-0.2, 0) is 9.53 Å². The average molecular weight is 514 g/mol. The number of nitrogens with one attached hydrogen (secondary N) is 1. The molecule has 1 aliphatic rings. The van der Waals surface area contributed by atoms with Crippen LogP contribution in [0.2, 0.25) is 5.02 Å². The van der Waals surface area contributed by atoms with Crippen LogP contribution in [0.25, 0.3) is 11.1 Å². The number of carbonyl (C=O) groups excluding carboxylic acids is 2. The first-order valence-corrected chi connectivity index (χ1v) is 12.7. The summed E-state index contributed by atoms with van der Waals surface area (Å²) < 4.78 is 10.6. The van der Waals surface area contributed by atoms with Gasteiger partial charge in [-0.3, -0.25) is 9.69 Å². The Morgan fingerprint density at radius 3 is 2.51 bits per heavy atom. The van der Waals surface area contributed by atoms with Crippen LogP contribution in [0.1, 0.15) is 17.3 Å². The second-order valence-corrected chi connectivity index (χ2v) is 9.41. The molecule has 1 aromatic heterocycles. The number of hydrogen-bond acceptors (Lipinski definition) is 7. The van der Waals surface area contributed by atoms with Crippen molar-refractivity contribution in [2.75, 3.05) is 56.7 Å². The van der Waals surface area contributed by atoms with Crippen LogP contribution < -0.4 is 15.0 Å². The molecule has 4 rings (SSSR count). The lowest BCUT2D eigenvalue weighted by atomic mass is 10.0. The first-order chi connectivity index (χ1) is 17.0. The molecule has 0 saturated carbocycles. The highest BCUT2D eigenvalue weighted by Gasteiger charge is 2.24. The number of carbonyl (C=O) groups is 2. The van der Waals surface area contributed by atoms with Gasteiger partial charge in [-0.15, -0.1) is 11.3 Å². The monoisotopic (exact) mass is 513 g/mol. The number of hydrogen-bond donors (Lipinski definition) is 1. The fourth-order valence-electron chi connectivity index (χ4n) is 4.04. The second-order valence-electron chi connectivity index (χ2n) is 8.09. The number of anilines is 2. The molecule has 7 nitrogen and oxygen atoms in total. The second kappa shape index (κ2) is 11.6. The van der Waals surface area contributed by atoms with Gasteiger partial charge in [0.25, 0.3) is 0 Å². The number of piperazine rings is 1. The van der Waals surface area contributed by atoms with Crippen molar-refractivity contribution >= 4 is 45.5 Å². The number of nitrogens with zero attached hydrogens (tertiary/aromatic N) is 2. The van der Waals surface area contributed by atoms with Gasteiger partial charge in [-0.1, -0.05) is 29.8 Å². The van der Waals surface area contributed by atoms with Gasteiger partial charge in [0.05, 0.1) is 20.3 Å². The third-order valence-corrected chi connectivity index (χ3v) is 6.98. The van der Waals surface area contributed by atoms with Crippen molar-refractivity contribution in [2.45, 2.75) is 6.92 Å². The van der Waals surface area contributed by atoms with Gasteiger partial charge >= 0.3 is 5.97 Å². The minimum Gasteiger partial charge on any atom is -0.497 e. The van der Waals surface area contributed by atoms with Gasteiger partial charge in [-0.25, -0.2) is 4.79 Å². The normalized spacial score (nSPS) is 14.0. The van der Waals surface area contributed by atoms with Crippen molar-refractivity contribution in [2.24, 2.45) is 0 Å². The number of thiophene rings is 1. The molecule has 0 bridgehead atoms. The summed E-state index contributed by atoms with van der Waals surface area (Å²) in [6.07, 6.45) is 0. The topological polar surface area (TPSA) is 71.1 Å². The van der Waals surface area contributed by atoms with Crippen molar-refractivity contribution in [3.05, 3.63) is 64.5 Å². The molecule has 0 aliphatic carbocycles. The largest absolute Gasteiger partial charge is 0.497 e. The molecule has 0 radical (unpaired) electrons. The van der Waals surface area contributed by atoms with Crippen LogP contribution in [0.15, 0.2) is 53.9 Å². The third-order valence-electron chi connectivity index (χ3n) is 5.84. The minimum absolute atomic E-state index is 0.158. The number of benzene rings is 2. The van der Waals surface area contributed by atoms with E-state index < -0.39 is 5.97 Å². The molecule has 9 heteroatoms. The number of halogens is 1. The van der Waals surface area contributed by atoms with Crippen LogP contribution in [0.3, 0.4) is 0 Å². The zero-order valence-corrected chi connectivity index (χ0v) is 21.3. The number of esters is 1. The highest BCUT2D eigenvalue weighted by Crippen LogP contribution is 2.36. The Labute approximate surface area is 214 Å². The van der Waals surface area contributed by atoms with Crippen molar-refractivity contribution in [3.63, 3.8) is 0 Å². The Balaban J connectivity index is 1.41. The van der Waals surface area contributed by atoms with E-state index in [0.29, 0.717) is 21.2 Å². The number of amides is 1. The molecular formula is C26H28ClN3O4S. The summed E-state index contributed by atoms with van der Waals surface area (Å²) in [5, 5.41) is 5.90. The number of ether oxygens (including phenoxy) is 2. The maximum atomic E-state index is 12.9. The van der Waals surface area contributed by atoms with Gasteiger partial charge in [0.2, 0.25) is 5.91 Å². The Hall–Kier alpha value is -3.07. The molecule has 1 aliphatic heterocycles. The van der Waals surface area contributed by atoms with Crippen molar-refractivity contribution in [1.29, 1.82) is 0 Å². The van der Waals surface area contributed by atoms with Crippen LogP contribution in [0.5, 0.6) is 5.75 Å². The summed E-state index contributed by atoms with van der Waals surface area (Å²) in [6.45, 7) is 5.41. The smallest absolute Gasteiger partial charge is 0.341 e. The Morgan fingerprint density at radius 1 is 1.09 bits per heavy atom. The fraction of sp³-hybridized carbons (Fsp3) is 0.308. The zero-order chi connectivity index (χ0) is 24.8. The molecule has 0 spiro atoms. The molecule has 35 heavy (non-hydrogen) atoms. The fourth-order valence-corrected chi connectivity index (χ4v) is 5.14. The summed E-state index contributed by atoms with van der Waals surface area (Å²) in [6, 6.07) is 15.2. The number of methoxy groups -OCH3 is 1. The highest BCUT2D eigenvalue weighted by molar-refractivity contribution is 7.15. The molecule has 184 valence electrons. The van der Waals surface area contributed by atoms with Crippen molar-refractivity contribution < 1.29 is 19.1 Å².